The molecule has 0 aromatic heterocycles. The molecule has 1 amide bonds. The van der Waals surface area contributed by atoms with Crippen molar-refractivity contribution in [2.45, 2.75) is 25.8 Å². The molecule has 1 saturated heterocycles. The number of benzene rings is 2. The van der Waals surface area contributed by atoms with Crippen LogP contribution in [0.25, 0.3) is 5.76 Å². The first-order chi connectivity index (χ1) is 17.0. The average Bonchev–Trinajstić information content (AvgIpc) is 3.12. The van der Waals surface area contributed by atoms with Gasteiger partial charge in [-0.05, 0) is 48.7 Å². The third-order valence-electron chi connectivity index (χ3n) is 6.26. The Hall–Kier alpha value is -3.52. The van der Waals surface area contributed by atoms with E-state index in [1.54, 1.807) is 25.3 Å². The summed E-state index contributed by atoms with van der Waals surface area (Å²) < 4.78 is 16.7. The molecule has 1 atom stereocenters. The molecule has 0 spiro atoms. The van der Waals surface area contributed by atoms with Gasteiger partial charge in [0.2, 0.25) is 0 Å². The smallest absolute Gasteiger partial charge is 0.295 e. The first-order valence-corrected chi connectivity index (χ1v) is 11.9. The number of anilines is 1. The number of ether oxygens (including phenoxy) is 3. The van der Waals surface area contributed by atoms with Crippen molar-refractivity contribution in [2.24, 2.45) is 0 Å². The van der Waals surface area contributed by atoms with E-state index in [1.807, 2.05) is 43.1 Å². The van der Waals surface area contributed by atoms with Crippen LogP contribution in [-0.2, 0) is 14.3 Å². The zero-order chi connectivity index (χ0) is 24.9. The van der Waals surface area contributed by atoms with Crippen molar-refractivity contribution in [3.63, 3.8) is 0 Å². The molecule has 2 aliphatic rings. The maximum atomic E-state index is 13.3. The monoisotopic (exact) mass is 480 g/mol. The van der Waals surface area contributed by atoms with E-state index in [-0.39, 0.29) is 11.3 Å². The van der Waals surface area contributed by atoms with Crippen molar-refractivity contribution >= 4 is 23.1 Å². The molecule has 2 aliphatic heterocycles. The summed E-state index contributed by atoms with van der Waals surface area (Å²) in [6, 6.07) is 11.9. The molecule has 8 heteroatoms. The Labute approximate surface area is 205 Å². The number of nitrogens with zero attached hydrogens (tertiary/aromatic N) is 2. The van der Waals surface area contributed by atoms with E-state index in [9.17, 15) is 14.7 Å². The van der Waals surface area contributed by atoms with E-state index in [0.717, 1.165) is 12.1 Å². The highest BCUT2D eigenvalue weighted by atomic mass is 16.5. The quantitative estimate of drug-likeness (QED) is 0.253. The number of amides is 1. The van der Waals surface area contributed by atoms with E-state index in [4.69, 9.17) is 14.2 Å². The Balaban J connectivity index is 1.80. The fourth-order valence-electron chi connectivity index (χ4n) is 4.48. The van der Waals surface area contributed by atoms with Crippen molar-refractivity contribution in [3.05, 3.63) is 59.2 Å². The van der Waals surface area contributed by atoms with Crippen LogP contribution in [0.5, 0.6) is 11.5 Å². The Morgan fingerprint density at radius 3 is 2.77 bits per heavy atom. The van der Waals surface area contributed by atoms with Crippen molar-refractivity contribution in [2.75, 3.05) is 52.0 Å². The molecule has 2 aromatic carbocycles. The number of rotatable bonds is 9. The average molecular weight is 481 g/mol. The molecule has 1 fully saturated rings. The van der Waals surface area contributed by atoms with Gasteiger partial charge in [-0.15, -0.1) is 0 Å². The van der Waals surface area contributed by atoms with Crippen LogP contribution in [0.4, 0.5) is 5.69 Å². The third kappa shape index (κ3) is 4.98. The first-order valence-electron chi connectivity index (χ1n) is 11.9. The summed E-state index contributed by atoms with van der Waals surface area (Å²) in [6.07, 6.45) is 1.42. The number of carbonyl (C=O) groups excluding carboxylic acids is 2. The number of carbonyl (C=O) groups is 2. The fourth-order valence-corrected chi connectivity index (χ4v) is 4.48. The van der Waals surface area contributed by atoms with Gasteiger partial charge in [0.25, 0.3) is 11.7 Å². The molecular weight excluding hydrogens is 448 g/mol. The fraction of sp³-hybridized carbons (Fsp3) is 0.407. The first kappa shape index (κ1) is 24.6. The number of Topliss-reactive ketones (excluding diaryl/α,β-unsaturated/α-hetero) is 1. The summed E-state index contributed by atoms with van der Waals surface area (Å²) >= 11 is 0. The number of aliphatic hydroxyl groups is 1. The summed E-state index contributed by atoms with van der Waals surface area (Å²) in [5.74, 6) is -0.172. The third-order valence-corrected chi connectivity index (χ3v) is 6.26. The topological polar surface area (TPSA) is 88.5 Å². The second kappa shape index (κ2) is 10.8. The second-order valence-electron chi connectivity index (χ2n) is 8.71. The summed E-state index contributed by atoms with van der Waals surface area (Å²) in [5, 5.41) is 11.4. The van der Waals surface area contributed by atoms with Crippen LogP contribution in [0, 0.1) is 0 Å². The van der Waals surface area contributed by atoms with Crippen molar-refractivity contribution in [1.29, 1.82) is 0 Å². The molecule has 0 aliphatic carbocycles. The predicted octanol–water partition coefficient (Wildman–Crippen LogP) is 3.76. The molecule has 0 bridgehead atoms. The zero-order valence-corrected chi connectivity index (χ0v) is 20.5. The predicted molar refractivity (Wildman–Crippen MR) is 133 cm³/mol. The second-order valence-corrected chi connectivity index (χ2v) is 8.71. The van der Waals surface area contributed by atoms with Gasteiger partial charge in [-0.1, -0.05) is 19.1 Å². The van der Waals surface area contributed by atoms with Gasteiger partial charge < -0.3 is 29.1 Å². The van der Waals surface area contributed by atoms with Crippen molar-refractivity contribution in [1.82, 2.24) is 4.90 Å². The van der Waals surface area contributed by atoms with Crippen LogP contribution < -0.4 is 14.4 Å². The van der Waals surface area contributed by atoms with Crippen LogP contribution in [0.2, 0.25) is 0 Å². The summed E-state index contributed by atoms with van der Waals surface area (Å²) in [4.78, 5) is 29.9. The maximum Gasteiger partial charge on any atom is 0.295 e. The SMILES string of the molecule is CCCOc1cccc(C2/C(=C(/O)c3ccc4c(c3)N(C)CCO4)C(=O)C(=O)N2CCCOC)c1. The Bertz CT molecular complexity index is 1130. The lowest BCUT2D eigenvalue weighted by Gasteiger charge is -2.28. The lowest BCUT2D eigenvalue weighted by molar-refractivity contribution is -0.140. The number of hydrogen-bond donors (Lipinski definition) is 1. The van der Waals surface area contributed by atoms with E-state index in [0.29, 0.717) is 62.0 Å². The number of likely N-dealkylation sites (tertiary alicyclic amines) is 1. The Morgan fingerprint density at radius 1 is 1.17 bits per heavy atom. The normalized spacial score (nSPS) is 19.0. The molecule has 8 nitrogen and oxygen atoms in total. The van der Waals surface area contributed by atoms with E-state index in [1.165, 1.54) is 4.90 Å². The highest BCUT2D eigenvalue weighted by Gasteiger charge is 2.46. The number of ketones is 1. The lowest BCUT2D eigenvalue weighted by Crippen LogP contribution is -2.31. The number of hydrogen-bond acceptors (Lipinski definition) is 7. The maximum absolute atomic E-state index is 13.3. The van der Waals surface area contributed by atoms with Gasteiger partial charge in [-0.25, -0.2) is 0 Å². The van der Waals surface area contributed by atoms with Gasteiger partial charge in [-0.3, -0.25) is 9.59 Å². The molecule has 1 unspecified atom stereocenters. The summed E-state index contributed by atoms with van der Waals surface area (Å²) in [5.41, 5.74) is 2.05. The highest BCUT2D eigenvalue weighted by Crippen LogP contribution is 2.41. The number of aliphatic hydroxyl groups excluding tert-OH is 1. The Morgan fingerprint density at radius 2 is 2.00 bits per heavy atom. The molecule has 2 aromatic rings. The molecule has 2 heterocycles. The number of likely N-dealkylation sites (N-methyl/N-ethyl adjacent to an activating group) is 1. The Kier molecular flexibility index (Phi) is 7.60. The standard InChI is InChI=1S/C27H32N2O6/c1-4-13-34-20-8-5-7-18(16-20)24-23(26(31)27(32)29(24)11-6-14-33-3)25(30)19-9-10-22-21(17-19)28(2)12-15-35-22/h5,7-10,16-17,24,30H,4,6,11-15H2,1-3H3/b25-23-. The highest BCUT2D eigenvalue weighted by molar-refractivity contribution is 6.46. The van der Waals surface area contributed by atoms with Crippen LogP contribution >= 0.6 is 0 Å². The summed E-state index contributed by atoms with van der Waals surface area (Å²) in [7, 11) is 3.54. The molecule has 35 heavy (non-hydrogen) atoms. The minimum Gasteiger partial charge on any atom is -0.507 e. The van der Waals surface area contributed by atoms with Gasteiger partial charge >= 0.3 is 0 Å². The van der Waals surface area contributed by atoms with Crippen LogP contribution in [0.15, 0.2) is 48.0 Å². The summed E-state index contributed by atoms with van der Waals surface area (Å²) in [6.45, 7) is 4.65. The number of methoxy groups -OCH3 is 1. The minimum atomic E-state index is -0.734. The van der Waals surface area contributed by atoms with Crippen molar-refractivity contribution in [3.8, 4) is 11.5 Å². The van der Waals surface area contributed by atoms with Gasteiger partial charge in [0.15, 0.2) is 0 Å². The van der Waals surface area contributed by atoms with Crippen LogP contribution in [-0.4, -0.2) is 68.8 Å². The molecule has 186 valence electrons. The molecule has 0 radical (unpaired) electrons. The van der Waals surface area contributed by atoms with E-state index >= 15 is 0 Å². The van der Waals surface area contributed by atoms with Gasteiger partial charge in [0.1, 0.15) is 23.9 Å². The molecule has 4 rings (SSSR count). The van der Waals surface area contributed by atoms with Gasteiger partial charge in [0.05, 0.1) is 30.5 Å². The van der Waals surface area contributed by atoms with E-state index < -0.39 is 17.7 Å². The molecular formula is C27H32N2O6. The largest absolute Gasteiger partial charge is 0.507 e. The van der Waals surface area contributed by atoms with Gasteiger partial charge in [-0.2, -0.15) is 0 Å². The van der Waals surface area contributed by atoms with Crippen LogP contribution in [0.1, 0.15) is 36.9 Å². The van der Waals surface area contributed by atoms with Crippen LogP contribution in [0.3, 0.4) is 0 Å². The minimum absolute atomic E-state index is 0.0689. The zero-order valence-electron chi connectivity index (χ0n) is 20.5. The molecule has 1 N–H and O–H groups in total. The number of fused-ring (bicyclic) bond motifs is 1. The molecule has 0 saturated carbocycles. The van der Waals surface area contributed by atoms with Gasteiger partial charge in [0, 0.05) is 32.9 Å². The van der Waals surface area contributed by atoms with Crippen molar-refractivity contribution < 1.29 is 28.9 Å². The van der Waals surface area contributed by atoms with E-state index in [2.05, 4.69) is 0 Å². The lowest BCUT2D eigenvalue weighted by atomic mass is 9.94.